The Labute approximate surface area is 93.1 Å². The first-order valence-electron chi connectivity index (χ1n) is 4.39. The monoisotopic (exact) mass is 234 g/mol. The molecule has 0 spiro atoms. The molecular formula is C9H12Cl2N2O. The molecule has 1 atom stereocenters. The van der Waals surface area contributed by atoms with Gasteiger partial charge in [-0.3, -0.25) is 15.6 Å². The van der Waals surface area contributed by atoms with Crippen LogP contribution in [0.2, 0.25) is 0 Å². The van der Waals surface area contributed by atoms with Gasteiger partial charge >= 0.3 is 0 Å². The number of rotatable bonds is 3. The van der Waals surface area contributed by atoms with Gasteiger partial charge < -0.3 is 0 Å². The highest BCUT2D eigenvalue weighted by atomic mass is 35.5. The van der Waals surface area contributed by atoms with Crippen molar-refractivity contribution >= 4 is 29.1 Å². The van der Waals surface area contributed by atoms with Crippen LogP contribution in [0.1, 0.15) is 19.8 Å². The van der Waals surface area contributed by atoms with E-state index in [1.54, 1.807) is 13.0 Å². The van der Waals surface area contributed by atoms with Gasteiger partial charge in [-0.1, -0.05) is 24.6 Å². The highest BCUT2D eigenvalue weighted by molar-refractivity contribution is 6.37. The molecule has 0 radical (unpaired) electrons. The van der Waals surface area contributed by atoms with Crippen LogP contribution in [-0.4, -0.2) is 11.3 Å². The molecule has 0 saturated heterocycles. The molecule has 0 aromatic carbocycles. The van der Waals surface area contributed by atoms with Crippen LogP contribution in [-0.2, 0) is 4.79 Å². The highest BCUT2D eigenvalue weighted by Gasteiger charge is 2.13. The van der Waals surface area contributed by atoms with Gasteiger partial charge in [0.2, 0.25) is 5.91 Å². The molecule has 1 amide bonds. The molecule has 3 nitrogen and oxygen atoms in total. The average Bonchev–Trinajstić information content (AvgIpc) is 2.19. The number of hydrogen-bond acceptors (Lipinski definition) is 2. The van der Waals surface area contributed by atoms with Gasteiger partial charge in [-0.25, -0.2) is 0 Å². The molecule has 0 aromatic heterocycles. The molecule has 0 bridgehead atoms. The summed E-state index contributed by atoms with van der Waals surface area (Å²) < 4.78 is 0. The predicted molar refractivity (Wildman–Crippen MR) is 57.8 cm³/mol. The smallest absolute Gasteiger partial charge is 0.238 e. The van der Waals surface area contributed by atoms with Crippen molar-refractivity contribution in [2.75, 3.05) is 0 Å². The number of nitrogens with one attached hydrogen (secondary N) is 2. The average molecular weight is 235 g/mol. The number of halogens is 2. The Morgan fingerprint density at radius 3 is 3.00 bits per heavy atom. The van der Waals surface area contributed by atoms with Gasteiger partial charge in [0.25, 0.3) is 0 Å². The summed E-state index contributed by atoms with van der Waals surface area (Å²) in [7, 11) is 0. The molecule has 0 aliphatic heterocycles. The van der Waals surface area contributed by atoms with Crippen LogP contribution >= 0.6 is 23.2 Å². The zero-order valence-corrected chi connectivity index (χ0v) is 9.32. The minimum atomic E-state index is -0.149. The fraction of sp³-hybridized carbons (Fsp3) is 0.444. The third-order valence-electron chi connectivity index (χ3n) is 1.80. The fourth-order valence-corrected chi connectivity index (χ4v) is 1.32. The van der Waals surface area contributed by atoms with Gasteiger partial charge in [-0.05, 0) is 12.5 Å². The van der Waals surface area contributed by atoms with Crippen molar-refractivity contribution < 1.29 is 4.79 Å². The van der Waals surface area contributed by atoms with E-state index in [1.165, 1.54) is 0 Å². The zero-order valence-electron chi connectivity index (χ0n) is 7.81. The normalized spacial score (nSPS) is 20.9. The number of allylic oxidation sites excluding steroid dienone is 3. The van der Waals surface area contributed by atoms with Crippen LogP contribution in [0.15, 0.2) is 22.9 Å². The maximum absolute atomic E-state index is 10.9. The van der Waals surface area contributed by atoms with Crippen molar-refractivity contribution in [2.24, 2.45) is 0 Å². The van der Waals surface area contributed by atoms with Gasteiger partial charge in [0.1, 0.15) is 0 Å². The third kappa shape index (κ3) is 3.24. The minimum Gasteiger partial charge on any atom is -0.299 e. The largest absolute Gasteiger partial charge is 0.299 e. The van der Waals surface area contributed by atoms with Crippen LogP contribution in [0.25, 0.3) is 0 Å². The van der Waals surface area contributed by atoms with Crippen molar-refractivity contribution in [3.63, 3.8) is 0 Å². The van der Waals surface area contributed by atoms with Crippen molar-refractivity contribution in [2.45, 2.75) is 25.1 Å². The molecule has 0 saturated carbocycles. The summed E-state index contributed by atoms with van der Waals surface area (Å²) in [5.74, 6) is -0.0663. The molecule has 0 fully saturated rings. The van der Waals surface area contributed by atoms with Gasteiger partial charge in [-0.15, -0.1) is 11.6 Å². The summed E-state index contributed by atoms with van der Waals surface area (Å²) in [6.07, 6.45) is 4.70. The van der Waals surface area contributed by atoms with Crippen molar-refractivity contribution in [3.05, 3.63) is 22.9 Å². The van der Waals surface area contributed by atoms with E-state index in [9.17, 15) is 4.79 Å². The van der Waals surface area contributed by atoms with E-state index in [2.05, 4.69) is 10.9 Å². The molecule has 5 heteroatoms. The SMILES string of the molecule is CCC(=O)NNC1=CCC(Cl)C(Cl)=C1. The Morgan fingerprint density at radius 1 is 1.71 bits per heavy atom. The van der Waals surface area contributed by atoms with E-state index in [1.807, 2.05) is 6.08 Å². The Hall–Kier alpha value is -0.670. The van der Waals surface area contributed by atoms with E-state index in [0.29, 0.717) is 17.9 Å². The summed E-state index contributed by atoms with van der Waals surface area (Å²) in [5.41, 5.74) is 6.07. The van der Waals surface area contributed by atoms with E-state index in [0.717, 1.165) is 5.70 Å². The molecule has 1 aliphatic carbocycles. The van der Waals surface area contributed by atoms with Crippen molar-refractivity contribution in [1.29, 1.82) is 0 Å². The first kappa shape index (κ1) is 11.4. The lowest BCUT2D eigenvalue weighted by Crippen LogP contribution is -2.36. The highest BCUT2D eigenvalue weighted by Crippen LogP contribution is 2.24. The third-order valence-corrected chi connectivity index (χ3v) is 2.70. The van der Waals surface area contributed by atoms with E-state index < -0.39 is 0 Å². The quantitative estimate of drug-likeness (QED) is 0.580. The molecule has 2 N–H and O–H groups in total. The first-order valence-corrected chi connectivity index (χ1v) is 5.21. The van der Waals surface area contributed by atoms with Crippen LogP contribution in [0.5, 0.6) is 0 Å². The molecule has 0 aromatic rings. The number of carbonyl (C=O) groups is 1. The van der Waals surface area contributed by atoms with Gasteiger partial charge in [0.15, 0.2) is 0 Å². The number of hydrazine groups is 1. The predicted octanol–water partition coefficient (Wildman–Crippen LogP) is 2.03. The van der Waals surface area contributed by atoms with Crippen molar-refractivity contribution in [1.82, 2.24) is 10.9 Å². The summed E-state index contributed by atoms with van der Waals surface area (Å²) in [5, 5.41) is 0.437. The molecule has 78 valence electrons. The van der Waals surface area contributed by atoms with E-state index in [4.69, 9.17) is 23.2 Å². The lowest BCUT2D eigenvalue weighted by Gasteiger charge is -2.15. The lowest BCUT2D eigenvalue weighted by molar-refractivity contribution is -0.121. The first-order chi connectivity index (χ1) is 6.63. The number of alkyl halides is 1. The zero-order chi connectivity index (χ0) is 10.6. The second-order valence-electron chi connectivity index (χ2n) is 2.92. The van der Waals surface area contributed by atoms with Gasteiger partial charge in [0.05, 0.1) is 11.1 Å². The second-order valence-corrected chi connectivity index (χ2v) is 3.88. The van der Waals surface area contributed by atoms with Gasteiger partial charge in [-0.2, -0.15) is 0 Å². The summed E-state index contributed by atoms with van der Waals surface area (Å²) in [6.45, 7) is 1.78. The molecule has 0 heterocycles. The Bertz CT molecular complexity index is 287. The maximum atomic E-state index is 10.9. The second kappa shape index (κ2) is 5.27. The van der Waals surface area contributed by atoms with Crippen molar-refractivity contribution in [3.8, 4) is 0 Å². The molecule has 14 heavy (non-hydrogen) atoms. The number of carbonyl (C=O) groups excluding carboxylic acids is 1. The topological polar surface area (TPSA) is 41.1 Å². The van der Waals surface area contributed by atoms with Crippen LogP contribution in [0.3, 0.4) is 0 Å². The Balaban J connectivity index is 2.44. The van der Waals surface area contributed by atoms with Crippen LogP contribution in [0, 0.1) is 0 Å². The van der Waals surface area contributed by atoms with E-state index >= 15 is 0 Å². The number of amides is 1. The van der Waals surface area contributed by atoms with E-state index in [-0.39, 0.29) is 11.3 Å². The fourth-order valence-electron chi connectivity index (χ4n) is 0.958. The lowest BCUT2D eigenvalue weighted by atomic mass is 10.1. The summed E-state index contributed by atoms with van der Waals surface area (Å²) in [4.78, 5) is 10.9. The minimum absolute atomic E-state index is 0.0663. The van der Waals surface area contributed by atoms with Crippen LogP contribution in [0.4, 0.5) is 0 Å². The number of hydrogen-bond donors (Lipinski definition) is 2. The molecule has 1 aliphatic rings. The Morgan fingerprint density at radius 2 is 2.43 bits per heavy atom. The standard InChI is InChI=1S/C9H12Cl2N2O/c1-2-9(14)13-12-6-3-4-7(10)8(11)5-6/h3,5,7,12H,2,4H2,1H3,(H,13,14). The summed E-state index contributed by atoms with van der Waals surface area (Å²) in [6, 6.07) is 0. The maximum Gasteiger partial charge on any atom is 0.238 e. The Kier molecular flexibility index (Phi) is 4.29. The molecule has 1 rings (SSSR count). The summed E-state index contributed by atoms with van der Waals surface area (Å²) >= 11 is 11.7. The molecule has 1 unspecified atom stereocenters. The van der Waals surface area contributed by atoms with Gasteiger partial charge in [0, 0.05) is 11.5 Å². The molecular weight excluding hydrogens is 223 g/mol. The van der Waals surface area contributed by atoms with Crippen LogP contribution < -0.4 is 10.9 Å².